The molecule has 0 saturated carbocycles. The molecule has 0 rings (SSSR count). The molecule has 0 aromatic heterocycles. The maximum atomic E-state index is 7.88. The van der Waals surface area contributed by atoms with E-state index in [1.807, 2.05) is 6.92 Å². The van der Waals surface area contributed by atoms with Gasteiger partial charge in [-0.25, -0.2) is 0 Å². The van der Waals surface area contributed by atoms with Crippen LogP contribution in [0.15, 0.2) is 0 Å². The van der Waals surface area contributed by atoms with Gasteiger partial charge in [0, 0.05) is 6.61 Å². The second kappa shape index (κ2) is 15.6. The van der Waals surface area contributed by atoms with Gasteiger partial charge in [-0.1, -0.05) is 6.92 Å². The van der Waals surface area contributed by atoms with Crippen molar-refractivity contribution in [2.45, 2.75) is 13.3 Å². The molecule has 1 N–H and O–H groups in total. The van der Waals surface area contributed by atoms with Gasteiger partial charge in [-0.2, -0.15) is 0 Å². The van der Waals surface area contributed by atoms with Gasteiger partial charge < -0.3 is 29.1 Å². The molecule has 6 heavy (non-hydrogen) atoms. The molecule has 0 unspecified atom stereocenters. The molecular formula is C3H8CsIO. The Morgan fingerprint density at radius 1 is 1.50 bits per heavy atom. The van der Waals surface area contributed by atoms with Gasteiger partial charge in [-0.05, 0) is 6.42 Å². The third-order valence-corrected chi connectivity index (χ3v) is 0.224. The van der Waals surface area contributed by atoms with Gasteiger partial charge in [-0.3, -0.25) is 0 Å². The molecule has 0 amide bonds. The van der Waals surface area contributed by atoms with Crippen LogP contribution in [-0.4, -0.2) is 11.7 Å². The van der Waals surface area contributed by atoms with Crippen molar-refractivity contribution in [3.63, 3.8) is 0 Å². The van der Waals surface area contributed by atoms with Crippen LogP contribution in [0.3, 0.4) is 0 Å². The molecule has 0 fully saturated rings. The van der Waals surface area contributed by atoms with E-state index >= 15 is 0 Å². The van der Waals surface area contributed by atoms with E-state index in [9.17, 15) is 0 Å². The zero-order valence-corrected chi connectivity index (χ0v) is 12.7. The summed E-state index contributed by atoms with van der Waals surface area (Å²) in [6.45, 7) is 2.25. The SMILES string of the molecule is CCCO.[Cs+].[I-]. The summed E-state index contributed by atoms with van der Waals surface area (Å²) in [6, 6.07) is 0. The molecule has 3 heteroatoms. The molecule has 0 radical (unpaired) electrons. The predicted octanol–water partition coefficient (Wildman–Crippen LogP) is -5.60. The molecule has 0 aromatic carbocycles. The summed E-state index contributed by atoms with van der Waals surface area (Å²) in [7, 11) is 0. The van der Waals surface area contributed by atoms with Gasteiger partial charge in [0.15, 0.2) is 0 Å². The Bertz CT molecular complexity index is 12.8. The van der Waals surface area contributed by atoms with Crippen molar-refractivity contribution in [3.8, 4) is 0 Å². The van der Waals surface area contributed by atoms with Crippen molar-refractivity contribution in [2.24, 2.45) is 0 Å². The first-order valence-electron chi connectivity index (χ1n) is 1.52. The first-order chi connectivity index (χ1) is 1.91. The Morgan fingerprint density at radius 3 is 1.67 bits per heavy atom. The smallest absolute Gasteiger partial charge is 1.00 e. The van der Waals surface area contributed by atoms with Crippen molar-refractivity contribution in [3.05, 3.63) is 0 Å². The Kier molecular flexibility index (Phi) is 41.5. The minimum atomic E-state index is 0. The number of aliphatic hydroxyl groups excluding tert-OH is 1. The van der Waals surface area contributed by atoms with Crippen molar-refractivity contribution < 1.29 is 98.0 Å². The van der Waals surface area contributed by atoms with Crippen molar-refractivity contribution in [2.75, 3.05) is 6.61 Å². The van der Waals surface area contributed by atoms with Crippen LogP contribution in [0.4, 0.5) is 0 Å². The molecule has 34 valence electrons. The molecule has 0 aliphatic rings. The molecule has 0 aliphatic carbocycles. The number of rotatable bonds is 1. The normalized spacial score (nSPS) is 5.00. The molecule has 0 aliphatic heterocycles. The van der Waals surface area contributed by atoms with Crippen molar-refractivity contribution in [1.82, 2.24) is 0 Å². The quantitative estimate of drug-likeness (QED) is 0.478. The first-order valence-corrected chi connectivity index (χ1v) is 1.52. The summed E-state index contributed by atoms with van der Waals surface area (Å²) in [5.74, 6) is 0. The Balaban J connectivity index is -0.0000000450. The standard InChI is InChI=1S/C3H8O.Cs.HI/c1-2-3-4;;/h4H,2-3H2,1H3;;1H/q;+1;/p-1. The van der Waals surface area contributed by atoms with E-state index in [-0.39, 0.29) is 92.9 Å². The molecular weight excluding hydrogens is 312 g/mol. The van der Waals surface area contributed by atoms with Crippen LogP contribution in [0.5, 0.6) is 0 Å². The zero-order valence-electron chi connectivity index (χ0n) is 4.24. The monoisotopic (exact) mass is 320 g/mol. The molecule has 0 heterocycles. The van der Waals surface area contributed by atoms with Gasteiger partial charge in [0.05, 0.1) is 0 Å². The number of aliphatic hydroxyl groups is 1. The Labute approximate surface area is 115 Å². The second-order valence-electron chi connectivity index (χ2n) is 0.724. The Hall–Kier alpha value is 2.74. The average Bonchev–Trinajstić information content (AvgIpc) is 1.37. The average molecular weight is 320 g/mol. The van der Waals surface area contributed by atoms with E-state index in [2.05, 4.69) is 0 Å². The summed E-state index contributed by atoms with van der Waals surface area (Å²) in [5.41, 5.74) is 0. The molecule has 0 spiro atoms. The van der Waals surface area contributed by atoms with Gasteiger partial charge in [-0.15, -0.1) is 0 Å². The van der Waals surface area contributed by atoms with Gasteiger partial charge in [0.25, 0.3) is 0 Å². The third kappa shape index (κ3) is 15.9. The van der Waals surface area contributed by atoms with Crippen LogP contribution in [-0.2, 0) is 0 Å². The van der Waals surface area contributed by atoms with E-state index in [1.165, 1.54) is 0 Å². The van der Waals surface area contributed by atoms with Crippen LogP contribution < -0.4 is 92.9 Å². The number of hydrogen-bond donors (Lipinski definition) is 1. The summed E-state index contributed by atoms with van der Waals surface area (Å²) >= 11 is 0. The molecule has 0 aromatic rings. The zero-order chi connectivity index (χ0) is 3.41. The minimum Gasteiger partial charge on any atom is -1.00 e. The fourth-order valence-electron chi connectivity index (χ4n) is 0. The Morgan fingerprint density at radius 2 is 1.67 bits per heavy atom. The van der Waals surface area contributed by atoms with Crippen LogP contribution in [0.25, 0.3) is 0 Å². The van der Waals surface area contributed by atoms with Crippen molar-refractivity contribution in [1.29, 1.82) is 0 Å². The largest absolute Gasteiger partial charge is 1.00 e. The van der Waals surface area contributed by atoms with Crippen LogP contribution >= 0.6 is 0 Å². The third-order valence-electron chi connectivity index (χ3n) is 0.224. The minimum absolute atomic E-state index is 0. The summed E-state index contributed by atoms with van der Waals surface area (Å²) < 4.78 is 0. The fraction of sp³-hybridized carbons (Fsp3) is 1.00. The number of halogens is 1. The van der Waals surface area contributed by atoms with Crippen LogP contribution in [0.2, 0.25) is 0 Å². The van der Waals surface area contributed by atoms with E-state index in [1.54, 1.807) is 0 Å². The summed E-state index contributed by atoms with van der Waals surface area (Å²) in [6.07, 6.45) is 0.875. The van der Waals surface area contributed by atoms with E-state index < -0.39 is 0 Å². The topological polar surface area (TPSA) is 20.2 Å². The summed E-state index contributed by atoms with van der Waals surface area (Å²) in [4.78, 5) is 0. The van der Waals surface area contributed by atoms with E-state index in [0.29, 0.717) is 6.61 Å². The maximum Gasteiger partial charge on any atom is 1.00 e. The maximum absolute atomic E-state index is 7.88. The van der Waals surface area contributed by atoms with E-state index in [0.717, 1.165) is 6.42 Å². The molecule has 0 atom stereocenters. The van der Waals surface area contributed by atoms with Gasteiger partial charge in [0.2, 0.25) is 0 Å². The van der Waals surface area contributed by atoms with Crippen LogP contribution in [0.1, 0.15) is 13.3 Å². The number of hydrogen-bond acceptors (Lipinski definition) is 1. The molecule has 0 saturated heterocycles. The first kappa shape index (κ1) is 15.9. The fourth-order valence-corrected chi connectivity index (χ4v) is 0. The second-order valence-corrected chi connectivity index (χ2v) is 0.724. The van der Waals surface area contributed by atoms with E-state index in [4.69, 9.17) is 5.11 Å². The van der Waals surface area contributed by atoms with Crippen molar-refractivity contribution >= 4 is 0 Å². The van der Waals surface area contributed by atoms with Gasteiger partial charge in [0.1, 0.15) is 0 Å². The predicted molar refractivity (Wildman–Crippen MR) is 17.4 cm³/mol. The van der Waals surface area contributed by atoms with Gasteiger partial charge >= 0.3 is 68.9 Å². The summed E-state index contributed by atoms with van der Waals surface area (Å²) in [5, 5.41) is 7.88. The molecule has 1 nitrogen and oxygen atoms in total. The molecule has 0 bridgehead atoms. The van der Waals surface area contributed by atoms with Crippen LogP contribution in [0, 0.1) is 0 Å².